The van der Waals surface area contributed by atoms with Crippen LogP contribution in [0.5, 0.6) is 0 Å². The van der Waals surface area contributed by atoms with E-state index in [0.717, 1.165) is 12.3 Å². The molecule has 2 aromatic heterocycles. The molecule has 0 unspecified atom stereocenters. The molecule has 1 fully saturated rings. The highest BCUT2D eigenvalue weighted by Gasteiger charge is 2.35. The Labute approximate surface area is 136 Å². The van der Waals surface area contributed by atoms with Crippen molar-refractivity contribution < 1.29 is 17.9 Å². The average molecular weight is 339 g/mol. The molecule has 2 aromatic rings. The number of nitrogens with zero attached hydrogens (tertiary/aromatic N) is 4. The van der Waals surface area contributed by atoms with E-state index < -0.39 is 11.7 Å². The van der Waals surface area contributed by atoms with E-state index in [2.05, 4.69) is 15.0 Å². The van der Waals surface area contributed by atoms with E-state index in [-0.39, 0.29) is 17.1 Å². The quantitative estimate of drug-likeness (QED) is 0.905. The second-order valence-corrected chi connectivity index (χ2v) is 5.45. The number of halogens is 3. The van der Waals surface area contributed by atoms with Crippen molar-refractivity contribution in [3.05, 3.63) is 29.6 Å². The van der Waals surface area contributed by atoms with Gasteiger partial charge in [0, 0.05) is 30.5 Å². The van der Waals surface area contributed by atoms with Crippen LogP contribution in [-0.4, -0.2) is 41.3 Å². The van der Waals surface area contributed by atoms with Gasteiger partial charge in [0.15, 0.2) is 0 Å². The number of anilines is 2. The molecular formula is C15H16F3N5O. The molecule has 0 radical (unpaired) electrons. The van der Waals surface area contributed by atoms with E-state index in [4.69, 9.17) is 10.5 Å². The van der Waals surface area contributed by atoms with Crippen LogP contribution in [0, 0.1) is 6.92 Å². The van der Waals surface area contributed by atoms with Crippen LogP contribution in [0.2, 0.25) is 0 Å². The third-order valence-corrected chi connectivity index (χ3v) is 3.64. The molecule has 1 aliphatic heterocycles. The Bertz CT molecular complexity index is 744. The number of morpholine rings is 1. The van der Waals surface area contributed by atoms with Gasteiger partial charge in [-0.3, -0.25) is 0 Å². The summed E-state index contributed by atoms with van der Waals surface area (Å²) in [6.07, 6.45) is -3.45. The number of nitrogen functional groups attached to an aromatic ring is 1. The SMILES string of the molecule is Cc1cc(-c2cnc(N)cc2C(F)(F)F)nc(N2CCOCC2)n1. The number of ether oxygens (including phenoxy) is 1. The van der Waals surface area contributed by atoms with Gasteiger partial charge < -0.3 is 15.4 Å². The van der Waals surface area contributed by atoms with Gasteiger partial charge in [-0.1, -0.05) is 0 Å². The molecule has 0 amide bonds. The Hall–Kier alpha value is -2.42. The molecule has 0 saturated carbocycles. The molecule has 0 spiro atoms. The van der Waals surface area contributed by atoms with E-state index in [1.807, 2.05) is 4.90 Å². The molecule has 24 heavy (non-hydrogen) atoms. The Morgan fingerprint density at radius 3 is 2.54 bits per heavy atom. The van der Waals surface area contributed by atoms with Crippen LogP contribution in [0.15, 0.2) is 18.3 Å². The predicted octanol–water partition coefficient (Wildman–Crippen LogP) is 2.28. The number of rotatable bonds is 2. The van der Waals surface area contributed by atoms with E-state index in [1.165, 1.54) is 6.07 Å². The van der Waals surface area contributed by atoms with Crippen LogP contribution in [0.4, 0.5) is 24.9 Å². The summed E-state index contributed by atoms with van der Waals surface area (Å²) < 4.78 is 45.2. The highest BCUT2D eigenvalue weighted by molar-refractivity contribution is 5.66. The molecule has 1 saturated heterocycles. The van der Waals surface area contributed by atoms with Crippen LogP contribution in [0.3, 0.4) is 0 Å². The molecule has 6 nitrogen and oxygen atoms in total. The second-order valence-electron chi connectivity index (χ2n) is 5.45. The molecule has 3 rings (SSSR count). The smallest absolute Gasteiger partial charge is 0.384 e. The standard InChI is InChI=1S/C15H16F3N5O/c1-9-6-12(22-14(21-9)23-2-4-24-5-3-23)10-8-20-13(19)7-11(10)15(16,17)18/h6-8H,2-5H2,1H3,(H2,19,20). The fourth-order valence-corrected chi connectivity index (χ4v) is 2.51. The van der Waals surface area contributed by atoms with Gasteiger partial charge >= 0.3 is 6.18 Å². The minimum Gasteiger partial charge on any atom is -0.384 e. The lowest BCUT2D eigenvalue weighted by molar-refractivity contribution is -0.137. The second kappa shape index (κ2) is 6.23. The van der Waals surface area contributed by atoms with Crippen LogP contribution >= 0.6 is 0 Å². The maximum Gasteiger partial charge on any atom is 0.417 e. The van der Waals surface area contributed by atoms with Gasteiger partial charge in [-0.15, -0.1) is 0 Å². The normalized spacial score (nSPS) is 15.6. The van der Waals surface area contributed by atoms with E-state index in [9.17, 15) is 13.2 Å². The van der Waals surface area contributed by atoms with E-state index >= 15 is 0 Å². The number of hydrogen-bond acceptors (Lipinski definition) is 6. The highest BCUT2D eigenvalue weighted by atomic mass is 19.4. The van der Waals surface area contributed by atoms with Gasteiger partial charge in [-0.25, -0.2) is 15.0 Å². The molecule has 0 aromatic carbocycles. The first-order valence-electron chi connectivity index (χ1n) is 7.36. The van der Waals surface area contributed by atoms with Crippen LogP contribution in [-0.2, 0) is 10.9 Å². The van der Waals surface area contributed by atoms with Crippen molar-refractivity contribution in [2.24, 2.45) is 0 Å². The van der Waals surface area contributed by atoms with Crippen molar-refractivity contribution in [3.63, 3.8) is 0 Å². The van der Waals surface area contributed by atoms with Gasteiger partial charge in [0.1, 0.15) is 5.82 Å². The van der Waals surface area contributed by atoms with Crippen molar-refractivity contribution in [1.29, 1.82) is 0 Å². The number of hydrogen-bond donors (Lipinski definition) is 1. The number of pyridine rings is 1. The summed E-state index contributed by atoms with van der Waals surface area (Å²) in [4.78, 5) is 14.3. The maximum absolute atomic E-state index is 13.3. The fourth-order valence-electron chi connectivity index (χ4n) is 2.51. The Kier molecular flexibility index (Phi) is 4.27. The van der Waals surface area contributed by atoms with Crippen LogP contribution in [0.25, 0.3) is 11.3 Å². The fraction of sp³-hybridized carbons (Fsp3) is 0.400. The summed E-state index contributed by atoms with van der Waals surface area (Å²) in [5.41, 5.74) is 5.18. The summed E-state index contributed by atoms with van der Waals surface area (Å²) in [5.74, 6) is 0.198. The summed E-state index contributed by atoms with van der Waals surface area (Å²) in [6, 6.07) is 2.33. The van der Waals surface area contributed by atoms with E-state index in [0.29, 0.717) is 37.9 Å². The van der Waals surface area contributed by atoms with Crippen molar-refractivity contribution in [2.45, 2.75) is 13.1 Å². The van der Waals surface area contributed by atoms with E-state index in [1.54, 1.807) is 6.92 Å². The molecular weight excluding hydrogens is 323 g/mol. The predicted molar refractivity (Wildman–Crippen MR) is 82.4 cm³/mol. The van der Waals surface area contributed by atoms with Gasteiger partial charge in [0.2, 0.25) is 5.95 Å². The Morgan fingerprint density at radius 2 is 1.88 bits per heavy atom. The molecule has 3 heterocycles. The largest absolute Gasteiger partial charge is 0.417 e. The van der Waals surface area contributed by atoms with Gasteiger partial charge in [-0.2, -0.15) is 13.2 Å². The zero-order chi connectivity index (χ0) is 17.3. The summed E-state index contributed by atoms with van der Waals surface area (Å²) in [6.45, 7) is 3.96. The number of nitrogens with two attached hydrogens (primary N) is 1. The number of aryl methyl sites for hydroxylation is 1. The summed E-state index contributed by atoms with van der Waals surface area (Å²) in [5, 5.41) is 0. The highest BCUT2D eigenvalue weighted by Crippen LogP contribution is 2.37. The van der Waals surface area contributed by atoms with Gasteiger partial charge in [-0.05, 0) is 19.1 Å². The summed E-state index contributed by atoms with van der Waals surface area (Å²) in [7, 11) is 0. The lowest BCUT2D eigenvalue weighted by Gasteiger charge is -2.27. The molecule has 1 aliphatic rings. The average Bonchev–Trinajstić information content (AvgIpc) is 2.54. The Morgan fingerprint density at radius 1 is 1.17 bits per heavy atom. The minimum absolute atomic E-state index is 0.114. The minimum atomic E-state index is -4.55. The first-order chi connectivity index (χ1) is 11.3. The van der Waals surface area contributed by atoms with Crippen molar-refractivity contribution in [1.82, 2.24) is 15.0 Å². The lowest BCUT2D eigenvalue weighted by atomic mass is 10.1. The van der Waals surface area contributed by atoms with Crippen molar-refractivity contribution in [3.8, 4) is 11.3 Å². The molecule has 2 N–H and O–H groups in total. The first-order valence-corrected chi connectivity index (χ1v) is 7.36. The molecule has 0 bridgehead atoms. The zero-order valence-electron chi connectivity index (χ0n) is 13.0. The molecule has 9 heteroatoms. The lowest BCUT2D eigenvalue weighted by Crippen LogP contribution is -2.37. The monoisotopic (exact) mass is 339 g/mol. The van der Waals surface area contributed by atoms with Crippen LogP contribution < -0.4 is 10.6 Å². The molecule has 0 atom stereocenters. The topological polar surface area (TPSA) is 77.2 Å². The van der Waals surface area contributed by atoms with Crippen molar-refractivity contribution in [2.75, 3.05) is 36.9 Å². The zero-order valence-corrected chi connectivity index (χ0v) is 13.0. The number of alkyl halides is 3. The Balaban J connectivity index is 2.08. The third-order valence-electron chi connectivity index (χ3n) is 3.64. The number of aromatic nitrogens is 3. The van der Waals surface area contributed by atoms with Gasteiger partial charge in [0.05, 0.1) is 24.5 Å². The molecule has 128 valence electrons. The van der Waals surface area contributed by atoms with Gasteiger partial charge in [0.25, 0.3) is 0 Å². The first kappa shape index (κ1) is 16.4. The molecule has 0 aliphatic carbocycles. The maximum atomic E-state index is 13.3. The summed E-state index contributed by atoms with van der Waals surface area (Å²) >= 11 is 0. The van der Waals surface area contributed by atoms with Crippen molar-refractivity contribution >= 4 is 11.8 Å². The van der Waals surface area contributed by atoms with Crippen LogP contribution in [0.1, 0.15) is 11.3 Å². The third kappa shape index (κ3) is 3.40.